The molecule has 35 heavy (non-hydrogen) atoms. The van der Waals surface area contributed by atoms with Crippen molar-refractivity contribution in [2.45, 2.75) is 38.0 Å². The Labute approximate surface area is 204 Å². The molecule has 7 heteroatoms. The fourth-order valence-corrected chi connectivity index (χ4v) is 5.56. The molecule has 1 saturated carbocycles. The Morgan fingerprint density at radius 1 is 1.06 bits per heavy atom. The molecular weight excluding hydrogens is 441 g/mol. The largest absolute Gasteiger partial charge is 0.356 e. The number of anilines is 1. The van der Waals surface area contributed by atoms with Gasteiger partial charge in [-0.15, -0.1) is 0 Å². The maximum absolute atomic E-state index is 14.6. The van der Waals surface area contributed by atoms with Crippen LogP contribution in [0.25, 0.3) is 21.9 Å². The summed E-state index contributed by atoms with van der Waals surface area (Å²) in [5.74, 6) is 1.03. The van der Waals surface area contributed by atoms with E-state index >= 15 is 0 Å². The van der Waals surface area contributed by atoms with Crippen LogP contribution in [0.15, 0.2) is 53.3 Å². The predicted octanol–water partition coefficient (Wildman–Crippen LogP) is 5.05. The van der Waals surface area contributed by atoms with Crippen LogP contribution < -0.4 is 15.8 Å². The molecule has 2 aliphatic heterocycles. The summed E-state index contributed by atoms with van der Waals surface area (Å²) < 4.78 is 16.2. The molecule has 0 amide bonds. The number of nitrogens with one attached hydrogen (secondary N) is 1. The first-order chi connectivity index (χ1) is 17.0. The minimum absolute atomic E-state index is 0.0425. The van der Waals surface area contributed by atoms with E-state index in [9.17, 15) is 9.18 Å². The monoisotopic (exact) mass is 469 g/mol. The lowest BCUT2D eigenvalue weighted by Gasteiger charge is -2.39. The quantitative estimate of drug-likeness (QED) is 0.544. The van der Waals surface area contributed by atoms with Crippen molar-refractivity contribution < 1.29 is 4.39 Å². The van der Waals surface area contributed by atoms with E-state index in [-0.39, 0.29) is 11.2 Å². The van der Waals surface area contributed by atoms with Crippen LogP contribution in [0.2, 0.25) is 0 Å². The summed E-state index contributed by atoms with van der Waals surface area (Å²) in [6, 6.07) is 14.1. The highest BCUT2D eigenvalue weighted by molar-refractivity contribution is 5.65. The minimum Gasteiger partial charge on any atom is -0.356 e. The normalized spacial score (nSPS) is 19.1. The highest BCUT2D eigenvalue weighted by Gasteiger charge is 2.37. The first-order valence-electron chi connectivity index (χ1n) is 12.4. The number of halogens is 1. The van der Waals surface area contributed by atoms with E-state index in [1.807, 2.05) is 12.1 Å². The summed E-state index contributed by atoms with van der Waals surface area (Å²) >= 11 is 0. The zero-order chi connectivity index (χ0) is 24.0. The Morgan fingerprint density at radius 2 is 1.83 bits per heavy atom. The van der Waals surface area contributed by atoms with Crippen LogP contribution in [-0.2, 0) is 0 Å². The topological polar surface area (TPSA) is 54.5 Å². The molecule has 2 aromatic carbocycles. The van der Waals surface area contributed by atoms with Gasteiger partial charge in [0.25, 0.3) is 5.56 Å². The van der Waals surface area contributed by atoms with Crippen LogP contribution in [-0.4, -0.2) is 35.7 Å². The number of nitrogens with zero attached hydrogens (tertiary/aromatic N) is 4. The van der Waals surface area contributed by atoms with Crippen molar-refractivity contribution in [1.29, 1.82) is 0 Å². The second-order valence-corrected chi connectivity index (χ2v) is 10.2. The summed E-state index contributed by atoms with van der Waals surface area (Å²) in [7, 11) is 0. The van der Waals surface area contributed by atoms with Gasteiger partial charge in [-0.25, -0.2) is 14.2 Å². The smallest absolute Gasteiger partial charge is 0.260 e. The maximum Gasteiger partial charge on any atom is 0.260 e. The zero-order valence-corrected chi connectivity index (χ0v) is 19.6. The van der Waals surface area contributed by atoms with Crippen LogP contribution in [0.5, 0.6) is 0 Å². The van der Waals surface area contributed by atoms with Gasteiger partial charge in [-0.1, -0.05) is 24.3 Å². The van der Waals surface area contributed by atoms with Crippen LogP contribution in [0, 0.1) is 17.8 Å². The third-order valence-electron chi connectivity index (χ3n) is 7.91. The Kier molecular flexibility index (Phi) is 5.42. The molecule has 3 heterocycles. The third-order valence-corrected chi connectivity index (χ3v) is 7.91. The highest BCUT2D eigenvalue weighted by Crippen LogP contribution is 2.40. The second kappa shape index (κ2) is 8.62. The average molecular weight is 470 g/mol. The second-order valence-electron chi connectivity index (χ2n) is 10.2. The van der Waals surface area contributed by atoms with Gasteiger partial charge in [0.1, 0.15) is 17.5 Å². The SMILES string of the molecule is [C-]#[N+]c1ccc(-c2nc(N3CCC4(CCNC4)CC3)cc(=O)n2-c2ccc(C3CC3)cc2)cc1F. The van der Waals surface area contributed by atoms with E-state index < -0.39 is 5.82 Å². The van der Waals surface area contributed by atoms with Crippen molar-refractivity contribution in [3.05, 3.63) is 81.7 Å². The van der Waals surface area contributed by atoms with E-state index in [0.29, 0.717) is 34.2 Å². The number of benzene rings is 2. The van der Waals surface area contributed by atoms with Crippen molar-refractivity contribution >= 4 is 11.5 Å². The summed E-state index contributed by atoms with van der Waals surface area (Å²) in [5.41, 5.74) is 2.59. The Morgan fingerprint density at radius 3 is 2.46 bits per heavy atom. The maximum atomic E-state index is 14.6. The van der Waals surface area contributed by atoms with Crippen LogP contribution in [0.4, 0.5) is 15.9 Å². The fraction of sp³-hybridized carbons (Fsp3) is 0.393. The van der Waals surface area contributed by atoms with E-state index in [2.05, 4.69) is 27.2 Å². The molecule has 0 radical (unpaired) electrons. The third kappa shape index (κ3) is 4.12. The van der Waals surface area contributed by atoms with Crippen LogP contribution in [0.1, 0.15) is 43.6 Å². The van der Waals surface area contributed by atoms with Crippen LogP contribution >= 0.6 is 0 Å². The molecule has 0 atom stereocenters. The molecule has 0 unspecified atom stereocenters. The van der Waals surface area contributed by atoms with Crippen molar-refractivity contribution in [3.8, 4) is 17.1 Å². The van der Waals surface area contributed by atoms with E-state index in [0.717, 1.165) is 39.0 Å². The van der Waals surface area contributed by atoms with Crippen LogP contribution in [0.3, 0.4) is 0 Å². The molecular formula is C28H28FN5O. The van der Waals surface area contributed by atoms with Gasteiger partial charge in [0.15, 0.2) is 0 Å². The van der Waals surface area contributed by atoms with Crippen molar-refractivity contribution in [3.63, 3.8) is 0 Å². The minimum atomic E-state index is -0.610. The number of piperidine rings is 1. The molecule has 6 nitrogen and oxygen atoms in total. The zero-order valence-electron chi connectivity index (χ0n) is 19.6. The first kappa shape index (κ1) is 22.0. The lowest BCUT2D eigenvalue weighted by atomic mass is 9.78. The molecule has 6 rings (SSSR count). The lowest BCUT2D eigenvalue weighted by molar-refractivity contribution is 0.247. The molecule has 1 aromatic heterocycles. The molecule has 1 spiro atoms. The molecule has 1 aliphatic carbocycles. The molecule has 1 N–H and O–H groups in total. The number of hydrogen-bond donors (Lipinski definition) is 1. The Hall–Kier alpha value is -3.50. The number of hydrogen-bond acceptors (Lipinski definition) is 4. The van der Waals surface area contributed by atoms with Gasteiger partial charge in [-0.05, 0) is 73.7 Å². The molecule has 178 valence electrons. The lowest BCUT2D eigenvalue weighted by Crippen LogP contribution is -2.42. The summed E-state index contributed by atoms with van der Waals surface area (Å²) in [6.45, 7) is 11.0. The van der Waals surface area contributed by atoms with Gasteiger partial charge in [0, 0.05) is 31.3 Å². The Bertz CT molecular complexity index is 1350. The number of rotatable bonds is 4. The Balaban J connectivity index is 1.41. The van der Waals surface area contributed by atoms with Gasteiger partial charge >= 0.3 is 0 Å². The highest BCUT2D eigenvalue weighted by atomic mass is 19.1. The molecule has 0 bridgehead atoms. The average Bonchev–Trinajstić information content (AvgIpc) is 3.64. The van der Waals surface area contributed by atoms with Crippen molar-refractivity contribution in [2.75, 3.05) is 31.1 Å². The molecule has 3 fully saturated rings. The van der Waals surface area contributed by atoms with E-state index in [4.69, 9.17) is 11.6 Å². The van der Waals surface area contributed by atoms with Gasteiger partial charge in [-0.3, -0.25) is 9.36 Å². The van der Waals surface area contributed by atoms with Crippen molar-refractivity contribution in [2.24, 2.45) is 5.41 Å². The summed E-state index contributed by atoms with van der Waals surface area (Å²) in [4.78, 5) is 23.8. The van der Waals surface area contributed by atoms with Crippen molar-refractivity contribution in [1.82, 2.24) is 14.9 Å². The fourth-order valence-electron chi connectivity index (χ4n) is 5.56. The van der Waals surface area contributed by atoms with E-state index in [1.54, 1.807) is 16.7 Å². The van der Waals surface area contributed by atoms with Gasteiger partial charge in [0.05, 0.1) is 12.3 Å². The summed E-state index contributed by atoms with van der Waals surface area (Å²) in [6.07, 6.45) is 5.75. The molecule has 3 aliphatic rings. The van der Waals surface area contributed by atoms with Gasteiger partial charge < -0.3 is 10.2 Å². The van der Waals surface area contributed by atoms with E-state index in [1.165, 1.54) is 37.0 Å². The first-order valence-corrected chi connectivity index (χ1v) is 12.4. The van der Waals surface area contributed by atoms with Gasteiger partial charge in [0.2, 0.25) is 5.69 Å². The molecule has 3 aromatic rings. The van der Waals surface area contributed by atoms with Gasteiger partial charge in [-0.2, -0.15) is 0 Å². The number of aromatic nitrogens is 2. The summed E-state index contributed by atoms with van der Waals surface area (Å²) in [5, 5.41) is 3.49. The predicted molar refractivity (Wildman–Crippen MR) is 135 cm³/mol. The molecule has 2 saturated heterocycles. The standard InChI is InChI=1S/C28H28FN5O/c1-30-24-9-6-21(16-23(24)29)27-32-25(33-14-11-28(12-15-33)10-13-31-18-28)17-26(35)34(27)22-7-4-20(5-8-22)19-2-3-19/h4-9,16-17,19,31H,2-3,10-15,18H2.